The second-order valence-electron chi connectivity index (χ2n) is 6.33. The van der Waals surface area contributed by atoms with Gasteiger partial charge in [0.1, 0.15) is 5.75 Å². The predicted octanol–water partition coefficient (Wildman–Crippen LogP) is 3.26. The standard InChI is InChI=1S/C16H23F2NO3/c1-10(19-14(21)9-13(20)16(2,3)4)11-6-5-7-12(8-11)22-15(17)18/h5-8,10,13,15,20H,9H2,1-4H3,(H,19,21)/t10-,13?/m0/s1. The highest BCUT2D eigenvalue weighted by molar-refractivity contribution is 5.77. The lowest BCUT2D eigenvalue weighted by Gasteiger charge is -2.26. The van der Waals surface area contributed by atoms with Gasteiger partial charge in [0.25, 0.3) is 0 Å². The molecule has 0 saturated carbocycles. The van der Waals surface area contributed by atoms with Crippen molar-refractivity contribution in [3.8, 4) is 5.75 Å². The molecule has 1 aromatic carbocycles. The number of aliphatic hydroxyl groups is 1. The fourth-order valence-corrected chi connectivity index (χ4v) is 1.83. The quantitative estimate of drug-likeness (QED) is 0.847. The van der Waals surface area contributed by atoms with Crippen molar-refractivity contribution < 1.29 is 23.4 Å². The van der Waals surface area contributed by atoms with Crippen LogP contribution in [0.15, 0.2) is 24.3 Å². The van der Waals surface area contributed by atoms with E-state index < -0.39 is 12.7 Å². The van der Waals surface area contributed by atoms with Gasteiger partial charge in [-0.2, -0.15) is 8.78 Å². The Balaban J connectivity index is 2.65. The monoisotopic (exact) mass is 315 g/mol. The molecule has 0 aromatic heterocycles. The summed E-state index contributed by atoms with van der Waals surface area (Å²) in [5.74, 6) is -0.251. The van der Waals surface area contributed by atoms with Crippen molar-refractivity contribution in [1.29, 1.82) is 0 Å². The summed E-state index contributed by atoms with van der Waals surface area (Å²) in [5, 5.41) is 12.7. The maximum Gasteiger partial charge on any atom is 0.387 e. The first-order chi connectivity index (χ1) is 10.1. The van der Waals surface area contributed by atoms with Crippen molar-refractivity contribution in [2.24, 2.45) is 5.41 Å². The molecule has 22 heavy (non-hydrogen) atoms. The minimum atomic E-state index is -2.89. The van der Waals surface area contributed by atoms with E-state index in [9.17, 15) is 18.7 Å². The molecule has 1 unspecified atom stereocenters. The number of hydrogen-bond acceptors (Lipinski definition) is 3. The number of carbonyl (C=O) groups is 1. The molecule has 6 heteroatoms. The number of ether oxygens (including phenoxy) is 1. The number of rotatable bonds is 6. The minimum absolute atomic E-state index is 0.0128. The van der Waals surface area contributed by atoms with E-state index in [1.54, 1.807) is 19.1 Å². The highest BCUT2D eigenvalue weighted by atomic mass is 19.3. The Labute approximate surface area is 129 Å². The normalized spacial score (nSPS) is 14.5. The van der Waals surface area contributed by atoms with Gasteiger partial charge in [0.15, 0.2) is 0 Å². The van der Waals surface area contributed by atoms with Crippen molar-refractivity contribution in [3.63, 3.8) is 0 Å². The molecule has 2 N–H and O–H groups in total. The van der Waals surface area contributed by atoms with Gasteiger partial charge in [-0.3, -0.25) is 4.79 Å². The maximum absolute atomic E-state index is 12.2. The molecule has 0 heterocycles. The summed E-state index contributed by atoms with van der Waals surface area (Å²) in [6.07, 6.45) is -0.769. The molecule has 0 saturated heterocycles. The van der Waals surface area contributed by atoms with Crippen molar-refractivity contribution in [2.75, 3.05) is 0 Å². The van der Waals surface area contributed by atoms with Gasteiger partial charge in [-0.05, 0) is 30.0 Å². The lowest BCUT2D eigenvalue weighted by Crippen LogP contribution is -2.35. The van der Waals surface area contributed by atoms with E-state index in [2.05, 4.69) is 10.1 Å². The SMILES string of the molecule is C[C@H](NC(=O)CC(O)C(C)(C)C)c1cccc(OC(F)F)c1. The molecular weight excluding hydrogens is 292 g/mol. The molecule has 1 amide bonds. The third-order valence-electron chi connectivity index (χ3n) is 3.34. The van der Waals surface area contributed by atoms with Crippen LogP contribution in [0.1, 0.15) is 45.7 Å². The van der Waals surface area contributed by atoms with Gasteiger partial charge in [0.05, 0.1) is 18.6 Å². The van der Waals surface area contributed by atoms with E-state index >= 15 is 0 Å². The largest absolute Gasteiger partial charge is 0.435 e. The number of halogens is 2. The zero-order chi connectivity index (χ0) is 16.9. The Morgan fingerprint density at radius 1 is 1.36 bits per heavy atom. The van der Waals surface area contributed by atoms with Gasteiger partial charge < -0.3 is 15.2 Å². The lowest BCUT2D eigenvalue weighted by atomic mass is 9.87. The van der Waals surface area contributed by atoms with Crippen LogP contribution in [0.3, 0.4) is 0 Å². The average Bonchev–Trinajstić information content (AvgIpc) is 2.36. The van der Waals surface area contributed by atoms with Gasteiger partial charge >= 0.3 is 6.61 Å². The predicted molar refractivity (Wildman–Crippen MR) is 79.7 cm³/mol. The van der Waals surface area contributed by atoms with Crippen LogP contribution < -0.4 is 10.1 Å². The van der Waals surface area contributed by atoms with E-state index in [1.165, 1.54) is 12.1 Å². The first kappa shape index (κ1) is 18.4. The van der Waals surface area contributed by atoms with Crippen molar-refractivity contribution >= 4 is 5.91 Å². The Hall–Kier alpha value is -1.69. The zero-order valence-corrected chi connectivity index (χ0v) is 13.3. The maximum atomic E-state index is 12.2. The summed E-state index contributed by atoms with van der Waals surface area (Å²) in [6, 6.07) is 5.80. The fourth-order valence-electron chi connectivity index (χ4n) is 1.83. The van der Waals surface area contributed by atoms with Gasteiger partial charge in [0, 0.05) is 0 Å². The lowest BCUT2D eigenvalue weighted by molar-refractivity contribution is -0.125. The molecule has 0 radical (unpaired) electrons. The zero-order valence-electron chi connectivity index (χ0n) is 13.3. The number of nitrogens with one attached hydrogen (secondary N) is 1. The van der Waals surface area contributed by atoms with Crippen LogP contribution in [-0.2, 0) is 4.79 Å². The molecule has 1 aromatic rings. The Morgan fingerprint density at radius 2 is 2.00 bits per heavy atom. The number of carbonyl (C=O) groups excluding carboxylic acids is 1. The van der Waals surface area contributed by atoms with Gasteiger partial charge in [-0.15, -0.1) is 0 Å². The molecule has 0 aliphatic rings. The van der Waals surface area contributed by atoms with Gasteiger partial charge in [0.2, 0.25) is 5.91 Å². The summed E-state index contributed by atoms with van der Waals surface area (Å²) in [7, 11) is 0. The van der Waals surface area contributed by atoms with Crippen LogP contribution in [0.5, 0.6) is 5.75 Å². The first-order valence-electron chi connectivity index (χ1n) is 7.12. The minimum Gasteiger partial charge on any atom is -0.435 e. The summed E-state index contributed by atoms with van der Waals surface area (Å²) < 4.78 is 28.7. The molecule has 0 aliphatic heterocycles. The summed E-state index contributed by atoms with van der Waals surface area (Å²) in [6.45, 7) is 4.39. The Bertz CT molecular complexity index is 500. The number of aliphatic hydroxyl groups excluding tert-OH is 1. The summed E-state index contributed by atoms with van der Waals surface area (Å²) >= 11 is 0. The first-order valence-corrected chi connectivity index (χ1v) is 7.12. The average molecular weight is 315 g/mol. The summed E-state index contributed by atoms with van der Waals surface area (Å²) in [5.41, 5.74) is 0.266. The molecule has 4 nitrogen and oxygen atoms in total. The Kier molecular flexibility index (Phi) is 6.29. The second kappa shape index (κ2) is 7.54. The van der Waals surface area contributed by atoms with Crippen LogP contribution in [-0.4, -0.2) is 23.7 Å². The molecule has 124 valence electrons. The second-order valence-corrected chi connectivity index (χ2v) is 6.33. The van der Waals surface area contributed by atoms with E-state index in [1.807, 2.05) is 20.8 Å². The molecule has 0 aliphatic carbocycles. The molecule has 1 rings (SSSR count). The molecular formula is C16H23F2NO3. The van der Waals surface area contributed by atoms with E-state index in [0.29, 0.717) is 5.56 Å². The molecule has 0 fully saturated rings. The van der Waals surface area contributed by atoms with Gasteiger partial charge in [-0.25, -0.2) is 0 Å². The van der Waals surface area contributed by atoms with E-state index in [0.717, 1.165) is 0 Å². The van der Waals surface area contributed by atoms with Crippen molar-refractivity contribution in [3.05, 3.63) is 29.8 Å². The number of amides is 1. The molecule has 0 bridgehead atoms. The smallest absolute Gasteiger partial charge is 0.387 e. The van der Waals surface area contributed by atoms with E-state index in [4.69, 9.17) is 0 Å². The van der Waals surface area contributed by atoms with Crippen LogP contribution in [0.2, 0.25) is 0 Å². The van der Waals surface area contributed by atoms with Gasteiger partial charge in [-0.1, -0.05) is 32.9 Å². The Morgan fingerprint density at radius 3 is 2.55 bits per heavy atom. The molecule has 0 spiro atoms. The van der Waals surface area contributed by atoms with Crippen molar-refractivity contribution in [2.45, 2.75) is 52.9 Å². The van der Waals surface area contributed by atoms with Crippen LogP contribution >= 0.6 is 0 Å². The van der Waals surface area contributed by atoms with Crippen molar-refractivity contribution in [1.82, 2.24) is 5.32 Å². The highest BCUT2D eigenvalue weighted by Crippen LogP contribution is 2.23. The number of alkyl halides is 2. The molecule has 2 atom stereocenters. The third kappa shape index (κ3) is 5.97. The summed E-state index contributed by atoms with van der Waals surface area (Å²) in [4.78, 5) is 11.9. The third-order valence-corrected chi connectivity index (χ3v) is 3.34. The fraction of sp³-hybridized carbons (Fsp3) is 0.562. The topological polar surface area (TPSA) is 58.6 Å². The highest BCUT2D eigenvalue weighted by Gasteiger charge is 2.25. The van der Waals surface area contributed by atoms with Crippen LogP contribution in [0, 0.1) is 5.41 Å². The number of benzene rings is 1. The van der Waals surface area contributed by atoms with E-state index in [-0.39, 0.29) is 29.5 Å². The number of hydrogen-bond donors (Lipinski definition) is 2. The van der Waals surface area contributed by atoms with Crippen LogP contribution in [0.4, 0.5) is 8.78 Å². The van der Waals surface area contributed by atoms with Crippen LogP contribution in [0.25, 0.3) is 0 Å².